The number of hydrogen-bond acceptors (Lipinski definition) is 3. The number of aryl methyl sites for hydroxylation is 1. The van der Waals surface area contributed by atoms with Crippen molar-refractivity contribution in [1.29, 1.82) is 0 Å². The Labute approximate surface area is 876 Å². The maximum atomic E-state index is 2.30. The fraction of sp³-hybridized carbons (Fsp3) is 0.00690. The molecule has 0 saturated carbocycles. The highest BCUT2D eigenvalue weighted by Crippen LogP contribution is 2.40. The van der Waals surface area contributed by atoms with Crippen LogP contribution in [0.25, 0.3) is 109 Å². The van der Waals surface area contributed by atoms with Gasteiger partial charge in [-0.25, -0.2) is 0 Å². The summed E-state index contributed by atoms with van der Waals surface area (Å²) >= 11 is 0. The molecule has 0 aliphatic heterocycles. The summed E-state index contributed by atoms with van der Waals surface area (Å²) in [5.74, 6) is 0. The predicted molar refractivity (Wildman–Crippen MR) is 649 cm³/mol. The first-order valence-electron chi connectivity index (χ1n) is 50.2. The fourth-order valence-corrected chi connectivity index (χ4v) is 16.1. The van der Waals surface area contributed by atoms with Crippen LogP contribution in [0.5, 0.6) is 0 Å². The summed E-state index contributed by atoms with van der Waals surface area (Å²) in [5, 5.41) is 0. The van der Waals surface area contributed by atoms with E-state index in [0.29, 0.717) is 0 Å². The average molecular weight is 1900 g/mol. The minimum Gasteiger partial charge on any atom is -0.311 e. The van der Waals surface area contributed by atoms with Gasteiger partial charge in [0.25, 0.3) is 0 Å². The second kappa shape index (κ2) is 57.0. The van der Waals surface area contributed by atoms with Gasteiger partial charge < -0.3 is 14.7 Å². The summed E-state index contributed by atoms with van der Waals surface area (Å²) in [6.07, 6.45) is 75.7. The van der Waals surface area contributed by atoms with Crippen LogP contribution in [0.15, 0.2) is 595 Å². The molecule has 0 aliphatic rings. The van der Waals surface area contributed by atoms with E-state index >= 15 is 0 Å². The van der Waals surface area contributed by atoms with Crippen molar-refractivity contribution in [3.8, 4) is 0 Å². The summed E-state index contributed by atoms with van der Waals surface area (Å²) in [6, 6.07) is 170. The van der Waals surface area contributed by atoms with Gasteiger partial charge in [0.2, 0.25) is 0 Å². The summed E-state index contributed by atoms with van der Waals surface area (Å²) in [6.45, 7) is 2.11. The maximum absolute atomic E-state index is 2.30. The van der Waals surface area contributed by atoms with Gasteiger partial charge in [-0.05, 0) is 216 Å². The quantitative estimate of drug-likeness (QED) is 0.0286. The van der Waals surface area contributed by atoms with Crippen LogP contribution in [0.1, 0.15) is 106 Å². The highest BCUT2D eigenvalue weighted by molar-refractivity contribution is 5.84. The lowest BCUT2D eigenvalue weighted by Gasteiger charge is -2.26. The molecule has 0 radical (unpaired) electrons. The van der Waals surface area contributed by atoms with E-state index in [9.17, 15) is 0 Å². The van der Waals surface area contributed by atoms with Crippen molar-refractivity contribution < 1.29 is 0 Å². The van der Waals surface area contributed by atoms with E-state index < -0.39 is 0 Å². The molecule has 3 nitrogen and oxygen atoms in total. The maximum Gasteiger partial charge on any atom is 0.0462 e. The highest BCUT2D eigenvalue weighted by Gasteiger charge is 2.17. The molecular weight excluding hydrogens is 1780 g/mol. The van der Waals surface area contributed by atoms with E-state index in [-0.39, 0.29) is 0 Å². The van der Waals surface area contributed by atoms with Crippen molar-refractivity contribution in [3.05, 3.63) is 700 Å². The van der Waals surface area contributed by atoms with Crippen LogP contribution < -0.4 is 14.7 Å². The van der Waals surface area contributed by atoms with E-state index in [1.165, 1.54) is 55.6 Å². The molecule has 0 heterocycles. The SMILES string of the molecule is C(/C=C/c1ccc(N(c2ccc(/C=C/C=C/c3ccccc3)cc2)c2ccc(/C=C/c3ccccc3)cc2)cc1)=C\c1ccccc1.C(=C\C=C\c1ccc(N(c2ccc(/C=C/C=C/C=C/c3ccccc3)cc2)c2ccc(/C=C/C=C/c3ccccc3)cc2)cc1)/C=C/c1ccccc1.Cc1ccc(/C=C/c2ccc(N(c3ccc(/C=C/C=C/c4ccccc4)cc3)c3ccc(/C=C/C=C/c4ccccc4)cc3)cc2)cc1. The second-order valence-electron chi connectivity index (χ2n) is 35.0. The molecule has 148 heavy (non-hydrogen) atoms. The third kappa shape index (κ3) is 33.7. The zero-order chi connectivity index (χ0) is 101. The molecule has 0 fully saturated rings. The van der Waals surface area contributed by atoms with Crippen LogP contribution >= 0.6 is 0 Å². The van der Waals surface area contributed by atoms with Crippen LogP contribution in [-0.4, -0.2) is 0 Å². The molecule has 18 aromatic rings. The Morgan fingerprint density at radius 1 is 0.0946 bits per heavy atom. The Morgan fingerprint density at radius 2 is 0.189 bits per heavy atom. The van der Waals surface area contributed by atoms with Crippen LogP contribution in [0.3, 0.4) is 0 Å². The number of anilines is 9. The second-order valence-corrected chi connectivity index (χ2v) is 35.0. The van der Waals surface area contributed by atoms with Crippen molar-refractivity contribution in [2.45, 2.75) is 6.92 Å². The predicted octanol–water partition coefficient (Wildman–Crippen LogP) is 40.3. The minimum atomic E-state index is 1.09. The molecular formula is C145H119N3. The Morgan fingerprint density at radius 3 is 0.318 bits per heavy atom. The molecule has 0 amide bonds. The lowest BCUT2D eigenvalue weighted by atomic mass is 10.1. The van der Waals surface area contributed by atoms with E-state index in [0.717, 1.165) is 101 Å². The number of nitrogens with zero attached hydrogens (tertiary/aromatic N) is 3. The van der Waals surface area contributed by atoms with E-state index in [1.54, 1.807) is 0 Å². The first-order chi connectivity index (χ1) is 73.3. The number of rotatable bonds is 36. The molecule has 18 aromatic carbocycles. The van der Waals surface area contributed by atoms with Crippen LogP contribution in [0, 0.1) is 6.92 Å². The smallest absolute Gasteiger partial charge is 0.0462 e. The standard InChI is InChI=1S/C52H43N.C47H39N.C46H37N/c1(8-20-44-22-12-5-13-23-44)3-10-28-47-32-38-50(39-33-47)53(52-42-36-49(37-43-52)31-19-18-30-46-26-16-7-17-27-46)51-40-34-48(35-41-51)29-11-4-2-9-21-45-24-14-6-15-25-45;1-38-20-22-43(23-21-38)24-25-44-30-36-47(37-31-44)48(45-32-26-41(27-33-45)18-10-8-16-39-12-4-2-5-13-39)46-34-28-42(29-35-46)19-11-9-17-40-14-6-3-7-15-40;1-4-14-38(15-5-1)20-10-12-22-41-26-32-44(33-27-41)47(46-36-30-43(31-37-46)25-24-40-18-8-3-9-19-40)45-34-28-42(29-35-45)23-13-11-21-39-16-6-2-7-17-39/h1-43H;2-37H,1H3;1-37H/b3-1+,4-2+,20-8+,21-9+,28-10+,29-11+,30-18+,31-19+;16-8+,17-9+,18-10+,19-11+,25-24+;20-10+,21-11+,22-12+,23-13+,25-24+. The molecule has 18 rings (SSSR count). The van der Waals surface area contributed by atoms with E-state index in [4.69, 9.17) is 0 Å². The van der Waals surface area contributed by atoms with Gasteiger partial charge in [0.05, 0.1) is 0 Å². The van der Waals surface area contributed by atoms with Crippen molar-refractivity contribution >= 4 is 161 Å². The van der Waals surface area contributed by atoms with Crippen molar-refractivity contribution in [3.63, 3.8) is 0 Å². The molecule has 0 unspecified atom stereocenters. The Kier molecular flexibility index (Phi) is 39.1. The van der Waals surface area contributed by atoms with Gasteiger partial charge in [0.1, 0.15) is 0 Å². The summed E-state index contributed by atoms with van der Waals surface area (Å²) in [4.78, 5) is 6.90. The van der Waals surface area contributed by atoms with Gasteiger partial charge >= 0.3 is 0 Å². The van der Waals surface area contributed by atoms with Gasteiger partial charge in [-0.3, -0.25) is 0 Å². The highest BCUT2D eigenvalue weighted by atomic mass is 15.2. The van der Waals surface area contributed by atoms with E-state index in [2.05, 4.69) is 653 Å². The van der Waals surface area contributed by atoms with Gasteiger partial charge in [-0.15, -0.1) is 0 Å². The van der Waals surface area contributed by atoms with Crippen molar-refractivity contribution in [2.75, 3.05) is 14.7 Å². The van der Waals surface area contributed by atoms with Crippen LogP contribution in [-0.2, 0) is 0 Å². The number of hydrogen-bond donors (Lipinski definition) is 0. The molecule has 0 atom stereocenters. The largest absolute Gasteiger partial charge is 0.311 e. The van der Waals surface area contributed by atoms with E-state index in [1.807, 2.05) is 72.8 Å². The summed E-state index contributed by atoms with van der Waals surface area (Å²) < 4.78 is 0. The van der Waals surface area contributed by atoms with Crippen LogP contribution in [0.4, 0.5) is 51.2 Å². The fourth-order valence-electron chi connectivity index (χ4n) is 16.1. The first kappa shape index (κ1) is 102. The van der Waals surface area contributed by atoms with Crippen molar-refractivity contribution in [1.82, 2.24) is 0 Å². The molecule has 0 saturated heterocycles. The summed E-state index contributed by atoms with van der Waals surface area (Å²) in [5.41, 5.74) is 32.2. The molecule has 714 valence electrons. The lowest BCUT2D eigenvalue weighted by Crippen LogP contribution is -2.09. The third-order valence-electron chi connectivity index (χ3n) is 24.0. The normalized spacial score (nSPS) is 12.0. The molecule has 3 heteroatoms. The Hall–Kier alpha value is -19.3. The first-order valence-corrected chi connectivity index (χ1v) is 50.2. The van der Waals surface area contributed by atoms with Crippen molar-refractivity contribution in [2.24, 2.45) is 0 Å². The summed E-state index contributed by atoms with van der Waals surface area (Å²) in [7, 11) is 0. The zero-order valence-corrected chi connectivity index (χ0v) is 83.3. The van der Waals surface area contributed by atoms with Gasteiger partial charge in [-0.1, -0.05) is 600 Å². The Balaban J connectivity index is 0.000000159. The van der Waals surface area contributed by atoms with Gasteiger partial charge in [0.15, 0.2) is 0 Å². The number of benzene rings is 18. The number of allylic oxidation sites excluding steroid dienone is 18. The van der Waals surface area contributed by atoms with Gasteiger partial charge in [-0.2, -0.15) is 0 Å². The molecule has 0 aliphatic carbocycles. The molecule has 0 spiro atoms. The Bertz CT molecular complexity index is 7340. The van der Waals surface area contributed by atoms with Crippen LogP contribution in [0.2, 0.25) is 0 Å². The topological polar surface area (TPSA) is 9.72 Å². The third-order valence-corrected chi connectivity index (χ3v) is 24.0. The molecule has 0 N–H and O–H groups in total. The molecule has 0 aromatic heterocycles. The van der Waals surface area contributed by atoms with Gasteiger partial charge in [0, 0.05) is 51.2 Å². The lowest BCUT2D eigenvalue weighted by molar-refractivity contribution is 1.28. The monoisotopic (exact) mass is 1900 g/mol. The average Bonchev–Trinajstić information content (AvgIpc) is 0.809. The zero-order valence-electron chi connectivity index (χ0n) is 83.3. The minimum absolute atomic E-state index is 1.09. The molecule has 0 bridgehead atoms.